The number of hydrogen-bond donors (Lipinski definition) is 0. The van der Waals surface area contributed by atoms with Gasteiger partial charge in [-0.2, -0.15) is 0 Å². The highest BCUT2D eigenvalue weighted by Crippen LogP contribution is 2.59. The third-order valence-corrected chi connectivity index (χ3v) is 6.23. The molecule has 1 fully saturated rings. The number of ether oxygens (including phenoxy) is 1. The van der Waals surface area contributed by atoms with Gasteiger partial charge >= 0.3 is 5.97 Å². The Kier molecular flexibility index (Phi) is 5.23. The van der Waals surface area contributed by atoms with Crippen LogP contribution in [0.4, 0.5) is 0 Å². The molecule has 2 aliphatic rings. The van der Waals surface area contributed by atoms with Crippen LogP contribution in [0.15, 0.2) is 36.0 Å². The fourth-order valence-corrected chi connectivity index (χ4v) is 4.98. The summed E-state index contributed by atoms with van der Waals surface area (Å²) in [6.07, 6.45) is 12.1. The second kappa shape index (κ2) is 6.67. The summed E-state index contributed by atoms with van der Waals surface area (Å²) in [5.41, 5.74) is 3.00. The van der Waals surface area contributed by atoms with Crippen LogP contribution >= 0.6 is 0 Å². The molecular weight excluding hydrogens is 284 g/mol. The third-order valence-electron chi connectivity index (χ3n) is 6.23. The van der Waals surface area contributed by atoms with Crippen LogP contribution in [0.25, 0.3) is 0 Å². The predicted octanol–water partition coefficient (Wildman–Crippen LogP) is 5.46. The van der Waals surface area contributed by atoms with Crippen LogP contribution in [0, 0.1) is 22.7 Å². The summed E-state index contributed by atoms with van der Waals surface area (Å²) < 4.78 is 4.72. The highest BCUT2D eigenvalue weighted by molar-refractivity contribution is 5.82. The van der Waals surface area contributed by atoms with Crippen LogP contribution in [0.3, 0.4) is 0 Å². The van der Waals surface area contributed by atoms with Gasteiger partial charge in [-0.15, -0.1) is 0 Å². The van der Waals surface area contributed by atoms with E-state index < -0.39 is 0 Å². The molecule has 0 amide bonds. The van der Waals surface area contributed by atoms with E-state index in [1.807, 2.05) is 6.92 Å². The number of carbonyl (C=O) groups is 1. The van der Waals surface area contributed by atoms with Gasteiger partial charge in [0.05, 0.1) is 7.11 Å². The lowest BCUT2D eigenvalue weighted by Gasteiger charge is -2.55. The molecule has 0 spiro atoms. The van der Waals surface area contributed by atoms with Gasteiger partial charge in [0, 0.05) is 6.08 Å². The molecular formula is C21H32O2. The lowest BCUT2D eigenvalue weighted by atomic mass is 9.49. The van der Waals surface area contributed by atoms with E-state index >= 15 is 0 Å². The molecule has 2 rings (SSSR count). The van der Waals surface area contributed by atoms with Crippen LogP contribution in [0.1, 0.15) is 59.8 Å². The van der Waals surface area contributed by atoms with Gasteiger partial charge in [-0.1, -0.05) is 57.1 Å². The Balaban J connectivity index is 2.17. The average Bonchev–Trinajstić information content (AvgIpc) is 2.45. The first-order valence-corrected chi connectivity index (χ1v) is 8.83. The van der Waals surface area contributed by atoms with Crippen molar-refractivity contribution in [1.82, 2.24) is 0 Å². The standard InChI is InChI=1S/C21H32O2/c1-15(14-19(22)23-6)8-10-17-16(2)9-11-18-20(3,4)12-7-13-21(17,18)5/h9,11,14,17-18H,2,7-8,10,12-13H2,1,3-6H3/b15-14+/t17-,18-,21+/m1/s1. The monoisotopic (exact) mass is 316 g/mol. The van der Waals surface area contributed by atoms with Crippen LogP contribution in [0.5, 0.6) is 0 Å². The van der Waals surface area contributed by atoms with Crippen molar-refractivity contribution in [3.05, 3.63) is 36.0 Å². The molecule has 0 aromatic rings. The summed E-state index contributed by atoms with van der Waals surface area (Å²) >= 11 is 0. The molecule has 23 heavy (non-hydrogen) atoms. The third kappa shape index (κ3) is 3.62. The summed E-state index contributed by atoms with van der Waals surface area (Å²) in [7, 11) is 1.43. The topological polar surface area (TPSA) is 26.3 Å². The van der Waals surface area contributed by atoms with Gasteiger partial charge in [0.1, 0.15) is 0 Å². The average molecular weight is 316 g/mol. The summed E-state index contributed by atoms with van der Waals surface area (Å²) in [4.78, 5) is 11.4. The second-order valence-electron chi connectivity index (χ2n) is 8.36. The number of carbonyl (C=O) groups excluding carboxylic acids is 1. The van der Waals surface area contributed by atoms with Crippen molar-refractivity contribution in [2.75, 3.05) is 7.11 Å². The maximum Gasteiger partial charge on any atom is 0.330 e. The Hall–Kier alpha value is -1.31. The van der Waals surface area contributed by atoms with Gasteiger partial charge in [-0.3, -0.25) is 0 Å². The summed E-state index contributed by atoms with van der Waals surface area (Å²) in [6.45, 7) is 13.6. The molecule has 0 N–H and O–H groups in total. The van der Waals surface area contributed by atoms with E-state index in [1.165, 1.54) is 31.9 Å². The zero-order valence-electron chi connectivity index (χ0n) is 15.4. The Morgan fingerprint density at radius 1 is 1.39 bits per heavy atom. The molecule has 0 aliphatic heterocycles. The van der Waals surface area contributed by atoms with Crippen molar-refractivity contribution in [3.8, 4) is 0 Å². The SMILES string of the molecule is C=C1C=C[C@@H]2C(C)(C)CCC[C@@]2(C)[C@@H]1CC/C(C)=C/C(=O)OC. The number of esters is 1. The van der Waals surface area contributed by atoms with E-state index in [0.29, 0.717) is 22.7 Å². The molecule has 0 aromatic carbocycles. The van der Waals surface area contributed by atoms with E-state index in [2.05, 4.69) is 39.5 Å². The molecule has 0 heterocycles. The van der Waals surface area contributed by atoms with Crippen molar-refractivity contribution in [3.63, 3.8) is 0 Å². The molecule has 1 saturated carbocycles. The Labute approximate surface area is 141 Å². The smallest absolute Gasteiger partial charge is 0.330 e. The van der Waals surface area contributed by atoms with Crippen LogP contribution in [0.2, 0.25) is 0 Å². The minimum absolute atomic E-state index is 0.257. The summed E-state index contributed by atoms with van der Waals surface area (Å²) in [5, 5.41) is 0. The van der Waals surface area contributed by atoms with E-state index in [-0.39, 0.29) is 5.97 Å². The lowest BCUT2D eigenvalue weighted by molar-refractivity contribution is -0.134. The van der Waals surface area contributed by atoms with Crippen LogP contribution in [-0.2, 0) is 9.53 Å². The Bertz CT molecular complexity index is 538. The van der Waals surface area contributed by atoms with Crippen molar-refractivity contribution in [1.29, 1.82) is 0 Å². The number of allylic oxidation sites excluding steroid dienone is 4. The predicted molar refractivity (Wildman–Crippen MR) is 96.0 cm³/mol. The zero-order valence-corrected chi connectivity index (χ0v) is 15.4. The fourth-order valence-electron chi connectivity index (χ4n) is 4.98. The van der Waals surface area contributed by atoms with E-state index in [1.54, 1.807) is 6.08 Å². The van der Waals surface area contributed by atoms with Gasteiger partial charge in [-0.05, 0) is 55.3 Å². The number of methoxy groups -OCH3 is 1. The molecule has 0 radical (unpaired) electrons. The second-order valence-corrected chi connectivity index (χ2v) is 8.36. The van der Waals surface area contributed by atoms with Gasteiger partial charge in [0.25, 0.3) is 0 Å². The van der Waals surface area contributed by atoms with Gasteiger partial charge in [0.15, 0.2) is 0 Å². The van der Waals surface area contributed by atoms with E-state index in [4.69, 9.17) is 4.74 Å². The molecule has 2 nitrogen and oxygen atoms in total. The highest BCUT2D eigenvalue weighted by Gasteiger charge is 2.50. The van der Waals surface area contributed by atoms with E-state index in [9.17, 15) is 4.79 Å². The largest absolute Gasteiger partial charge is 0.466 e. The van der Waals surface area contributed by atoms with Crippen molar-refractivity contribution in [2.24, 2.45) is 22.7 Å². The maximum absolute atomic E-state index is 11.4. The summed E-state index contributed by atoms with van der Waals surface area (Å²) in [5.74, 6) is 0.856. The van der Waals surface area contributed by atoms with Crippen molar-refractivity contribution in [2.45, 2.75) is 59.8 Å². The number of rotatable bonds is 4. The van der Waals surface area contributed by atoms with Crippen molar-refractivity contribution >= 4 is 5.97 Å². The molecule has 0 aromatic heterocycles. The lowest BCUT2D eigenvalue weighted by Crippen LogP contribution is -2.47. The Morgan fingerprint density at radius 2 is 2.09 bits per heavy atom. The molecule has 3 atom stereocenters. The molecule has 0 saturated heterocycles. The quantitative estimate of drug-likeness (QED) is 0.508. The van der Waals surface area contributed by atoms with Gasteiger partial charge < -0.3 is 4.74 Å². The minimum atomic E-state index is -0.257. The van der Waals surface area contributed by atoms with Crippen LogP contribution in [-0.4, -0.2) is 13.1 Å². The summed E-state index contributed by atoms with van der Waals surface area (Å²) in [6, 6.07) is 0. The molecule has 0 bridgehead atoms. The number of hydrogen-bond acceptors (Lipinski definition) is 2. The van der Waals surface area contributed by atoms with Gasteiger partial charge in [-0.25, -0.2) is 4.79 Å². The van der Waals surface area contributed by atoms with Crippen molar-refractivity contribution < 1.29 is 9.53 Å². The van der Waals surface area contributed by atoms with Gasteiger partial charge in [0.2, 0.25) is 0 Å². The zero-order chi connectivity index (χ0) is 17.3. The molecule has 0 unspecified atom stereocenters. The Morgan fingerprint density at radius 3 is 2.74 bits per heavy atom. The first-order valence-electron chi connectivity index (χ1n) is 8.83. The van der Waals surface area contributed by atoms with E-state index in [0.717, 1.165) is 18.4 Å². The van der Waals surface area contributed by atoms with Crippen LogP contribution < -0.4 is 0 Å². The molecule has 2 aliphatic carbocycles. The molecule has 2 heteroatoms. The first kappa shape index (κ1) is 18.0. The maximum atomic E-state index is 11.4. The fraction of sp³-hybridized carbons (Fsp3) is 0.667. The number of fused-ring (bicyclic) bond motifs is 1. The minimum Gasteiger partial charge on any atom is -0.466 e. The molecule has 128 valence electrons. The first-order chi connectivity index (χ1) is 10.7. The normalized spacial score (nSPS) is 33.3. The highest BCUT2D eigenvalue weighted by atomic mass is 16.5.